The van der Waals surface area contributed by atoms with E-state index in [1.165, 1.54) is 0 Å². The Morgan fingerprint density at radius 2 is 2.12 bits per heavy atom. The van der Waals surface area contributed by atoms with Crippen LogP contribution in [0.3, 0.4) is 0 Å². The van der Waals surface area contributed by atoms with E-state index in [4.69, 9.17) is 5.73 Å². The van der Waals surface area contributed by atoms with Crippen molar-refractivity contribution in [2.45, 2.75) is 17.7 Å². The molecule has 1 fully saturated rings. The van der Waals surface area contributed by atoms with Crippen LogP contribution in [0.2, 0.25) is 0 Å². The zero-order valence-corrected chi connectivity index (χ0v) is 9.99. The Morgan fingerprint density at radius 3 is 2.65 bits per heavy atom. The molecule has 0 bridgehead atoms. The van der Waals surface area contributed by atoms with Gasteiger partial charge in [0.05, 0.1) is 0 Å². The molecule has 0 atom stereocenters. The van der Waals surface area contributed by atoms with Gasteiger partial charge in [-0.05, 0) is 12.8 Å². The number of nitrogens with zero attached hydrogens (tertiary/aromatic N) is 2. The molecule has 1 aromatic heterocycles. The fourth-order valence-electron chi connectivity index (χ4n) is 1.41. The first-order chi connectivity index (χ1) is 7.89. The molecule has 0 saturated heterocycles. The van der Waals surface area contributed by atoms with Crippen LogP contribution in [0.5, 0.6) is 0 Å². The Hall–Kier alpha value is -1.70. The van der Waals surface area contributed by atoms with Gasteiger partial charge in [-0.1, -0.05) is 0 Å². The topological polar surface area (TPSA) is 115 Å². The zero-order valence-electron chi connectivity index (χ0n) is 9.17. The third-order valence-corrected chi connectivity index (χ3v) is 3.54. The summed E-state index contributed by atoms with van der Waals surface area (Å²) >= 11 is 0. The Bertz CT molecular complexity index is 566. The Balaban J connectivity index is 2.39. The summed E-state index contributed by atoms with van der Waals surface area (Å²) in [6.07, 6.45) is 3.75. The molecule has 1 amide bonds. The van der Waals surface area contributed by atoms with Crippen LogP contribution in [0.15, 0.2) is 11.2 Å². The van der Waals surface area contributed by atoms with Crippen molar-refractivity contribution >= 4 is 27.4 Å². The lowest BCUT2D eigenvalue weighted by Crippen LogP contribution is -2.18. The molecule has 0 spiro atoms. The van der Waals surface area contributed by atoms with Crippen LogP contribution < -0.4 is 11.1 Å². The quantitative estimate of drug-likeness (QED) is 0.774. The summed E-state index contributed by atoms with van der Waals surface area (Å²) in [5.74, 6) is -0.475. The molecule has 0 aliphatic heterocycles. The first-order valence-electron chi connectivity index (χ1n) is 5.01. The maximum Gasteiger partial charge on any atom is 0.228 e. The lowest BCUT2D eigenvalue weighted by Gasteiger charge is -2.09. The summed E-state index contributed by atoms with van der Waals surface area (Å²) in [6.45, 7) is 0. The largest absolute Gasteiger partial charge is 0.382 e. The number of sulfone groups is 1. The van der Waals surface area contributed by atoms with Crippen molar-refractivity contribution < 1.29 is 13.2 Å². The average molecular weight is 256 g/mol. The van der Waals surface area contributed by atoms with E-state index in [0.717, 1.165) is 25.4 Å². The SMILES string of the molecule is CS(=O)(=O)c1c(N)ncnc1NC(=O)C1CC1. The van der Waals surface area contributed by atoms with E-state index in [0.29, 0.717) is 0 Å². The number of hydrogen-bond acceptors (Lipinski definition) is 6. The monoisotopic (exact) mass is 256 g/mol. The first kappa shape index (κ1) is 11.8. The molecule has 1 aliphatic rings. The minimum absolute atomic E-state index is 0.0430. The number of hydrogen-bond donors (Lipinski definition) is 2. The van der Waals surface area contributed by atoms with Gasteiger partial charge >= 0.3 is 0 Å². The summed E-state index contributed by atoms with van der Waals surface area (Å²) in [5.41, 5.74) is 5.49. The molecule has 8 heteroatoms. The van der Waals surface area contributed by atoms with E-state index in [-0.39, 0.29) is 28.4 Å². The summed E-state index contributed by atoms with van der Waals surface area (Å²) in [7, 11) is -3.58. The molecule has 7 nitrogen and oxygen atoms in total. The molecule has 0 radical (unpaired) electrons. The normalized spacial score (nSPS) is 15.6. The van der Waals surface area contributed by atoms with Crippen LogP contribution in [-0.4, -0.2) is 30.5 Å². The predicted molar refractivity (Wildman–Crippen MR) is 60.9 cm³/mol. The van der Waals surface area contributed by atoms with Crippen LogP contribution in [0.1, 0.15) is 12.8 Å². The van der Waals surface area contributed by atoms with E-state index in [9.17, 15) is 13.2 Å². The van der Waals surface area contributed by atoms with Crippen LogP contribution in [-0.2, 0) is 14.6 Å². The maximum absolute atomic E-state index is 11.6. The third-order valence-electron chi connectivity index (χ3n) is 2.39. The van der Waals surface area contributed by atoms with E-state index in [2.05, 4.69) is 15.3 Å². The molecule has 1 heterocycles. The van der Waals surface area contributed by atoms with Gasteiger partial charge in [0, 0.05) is 12.2 Å². The van der Waals surface area contributed by atoms with Gasteiger partial charge < -0.3 is 11.1 Å². The summed E-state index contributed by atoms with van der Waals surface area (Å²) in [5, 5.41) is 2.47. The molecular weight excluding hydrogens is 244 g/mol. The predicted octanol–water partition coefficient (Wildman–Crippen LogP) is -0.189. The first-order valence-corrected chi connectivity index (χ1v) is 6.90. The number of anilines is 2. The second-order valence-electron chi connectivity index (χ2n) is 3.97. The molecule has 17 heavy (non-hydrogen) atoms. The Morgan fingerprint density at radius 1 is 1.47 bits per heavy atom. The number of nitrogen functional groups attached to an aromatic ring is 1. The van der Waals surface area contributed by atoms with Crippen LogP contribution in [0.4, 0.5) is 11.6 Å². The molecule has 3 N–H and O–H groups in total. The molecule has 0 unspecified atom stereocenters. The van der Waals surface area contributed by atoms with E-state index < -0.39 is 9.84 Å². The van der Waals surface area contributed by atoms with Crippen LogP contribution in [0, 0.1) is 5.92 Å². The second-order valence-corrected chi connectivity index (χ2v) is 5.92. The number of nitrogens with two attached hydrogens (primary N) is 1. The Labute approximate surface area is 98.4 Å². The lowest BCUT2D eigenvalue weighted by atomic mass is 10.4. The minimum Gasteiger partial charge on any atom is -0.382 e. The van der Waals surface area contributed by atoms with E-state index >= 15 is 0 Å². The van der Waals surface area contributed by atoms with Gasteiger partial charge in [-0.3, -0.25) is 4.79 Å². The highest BCUT2D eigenvalue weighted by Gasteiger charge is 2.31. The van der Waals surface area contributed by atoms with E-state index in [1.54, 1.807) is 0 Å². The minimum atomic E-state index is -3.58. The smallest absolute Gasteiger partial charge is 0.228 e. The molecule has 1 aromatic rings. The number of carbonyl (C=O) groups excluding carboxylic acids is 1. The highest BCUT2D eigenvalue weighted by Crippen LogP contribution is 2.31. The zero-order chi connectivity index (χ0) is 12.6. The van der Waals surface area contributed by atoms with Crippen molar-refractivity contribution in [2.75, 3.05) is 17.3 Å². The molecule has 0 aromatic carbocycles. The molecular formula is C9H12N4O3S. The van der Waals surface area contributed by atoms with Crippen LogP contribution >= 0.6 is 0 Å². The van der Waals surface area contributed by atoms with Crippen molar-refractivity contribution in [2.24, 2.45) is 5.92 Å². The van der Waals surface area contributed by atoms with E-state index in [1.807, 2.05) is 0 Å². The van der Waals surface area contributed by atoms with Gasteiger partial charge in [0.2, 0.25) is 5.91 Å². The third kappa shape index (κ3) is 2.52. The number of nitrogens with one attached hydrogen (secondary N) is 1. The highest BCUT2D eigenvalue weighted by molar-refractivity contribution is 7.91. The fourth-order valence-corrected chi connectivity index (χ4v) is 2.29. The molecule has 2 rings (SSSR count). The van der Waals surface area contributed by atoms with Crippen molar-refractivity contribution in [3.8, 4) is 0 Å². The molecule has 92 valence electrons. The molecule has 1 aliphatic carbocycles. The van der Waals surface area contributed by atoms with Crippen molar-refractivity contribution in [3.05, 3.63) is 6.33 Å². The van der Waals surface area contributed by atoms with Gasteiger partial charge in [0.25, 0.3) is 0 Å². The number of amides is 1. The van der Waals surface area contributed by atoms with Gasteiger partial charge in [0.15, 0.2) is 20.6 Å². The fraction of sp³-hybridized carbons (Fsp3) is 0.444. The van der Waals surface area contributed by atoms with Gasteiger partial charge in [0.1, 0.15) is 12.1 Å². The van der Waals surface area contributed by atoms with Gasteiger partial charge in [-0.2, -0.15) is 0 Å². The van der Waals surface area contributed by atoms with Gasteiger partial charge in [-0.15, -0.1) is 0 Å². The second kappa shape index (κ2) is 3.95. The summed E-state index contributed by atoms with van der Waals surface area (Å²) in [6, 6.07) is 0. The summed E-state index contributed by atoms with van der Waals surface area (Å²) < 4.78 is 23.1. The lowest BCUT2D eigenvalue weighted by molar-refractivity contribution is -0.117. The standard InChI is InChI=1S/C9H12N4O3S/c1-17(15,16)6-7(10)11-4-12-8(6)13-9(14)5-2-3-5/h4-5H,2-3H2,1H3,(H3,10,11,12,13,14). The molecule has 1 saturated carbocycles. The van der Waals surface area contributed by atoms with Gasteiger partial charge in [-0.25, -0.2) is 18.4 Å². The number of carbonyl (C=O) groups is 1. The average Bonchev–Trinajstić information content (AvgIpc) is 2.97. The van der Waals surface area contributed by atoms with Crippen molar-refractivity contribution in [1.29, 1.82) is 0 Å². The highest BCUT2D eigenvalue weighted by atomic mass is 32.2. The van der Waals surface area contributed by atoms with Crippen molar-refractivity contribution in [3.63, 3.8) is 0 Å². The number of aromatic nitrogens is 2. The summed E-state index contributed by atoms with van der Waals surface area (Å²) in [4.78, 5) is 18.7. The number of rotatable bonds is 3. The maximum atomic E-state index is 11.6. The van der Waals surface area contributed by atoms with Crippen molar-refractivity contribution in [1.82, 2.24) is 9.97 Å². The Kier molecular flexibility index (Phi) is 2.74. The van der Waals surface area contributed by atoms with Crippen LogP contribution in [0.25, 0.3) is 0 Å².